The van der Waals surface area contributed by atoms with Crippen LogP contribution in [0.4, 0.5) is 0 Å². The molecule has 0 aliphatic carbocycles. The van der Waals surface area contributed by atoms with E-state index in [1.807, 2.05) is 0 Å². The van der Waals surface area contributed by atoms with Crippen LogP contribution in [0, 0.1) is 0 Å². The summed E-state index contributed by atoms with van der Waals surface area (Å²) in [6, 6.07) is 6.78. The predicted molar refractivity (Wildman–Crippen MR) is 78.3 cm³/mol. The van der Waals surface area contributed by atoms with E-state index < -0.39 is 21.0 Å². The number of carbonyl (C=O) groups is 1. The maximum absolute atomic E-state index is 12.2. The number of hydrogen-bond acceptors (Lipinski definition) is 4. The highest BCUT2D eigenvalue weighted by Crippen LogP contribution is 2.17. The molecule has 0 saturated heterocycles. The molecular weight excluding hydrogens is 278 g/mol. The minimum Gasteiger partial charge on any atom is -0.497 e. The van der Waals surface area contributed by atoms with Gasteiger partial charge in [-0.2, -0.15) is 0 Å². The molecule has 0 saturated carbocycles. The molecule has 6 heteroatoms. The van der Waals surface area contributed by atoms with E-state index in [1.54, 1.807) is 24.3 Å². The zero-order chi connectivity index (χ0) is 15.2. The SMILES string of the molecule is C=CCNC(=O)C(C)S(=O)(=O)Cc1cccc(OC)c1. The van der Waals surface area contributed by atoms with Crippen LogP contribution in [0.1, 0.15) is 12.5 Å². The number of nitrogens with one attached hydrogen (secondary N) is 1. The maximum Gasteiger partial charge on any atom is 0.238 e. The molecular formula is C14H19NO4S. The Labute approximate surface area is 119 Å². The molecule has 0 spiro atoms. The minimum absolute atomic E-state index is 0.202. The zero-order valence-electron chi connectivity index (χ0n) is 11.6. The summed E-state index contributed by atoms with van der Waals surface area (Å²) in [7, 11) is -2.06. The van der Waals surface area contributed by atoms with E-state index in [1.165, 1.54) is 20.1 Å². The Morgan fingerprint density at radius 2 is 2.20 bits per heavy atom. The van der Waals surface area contributed by atoms with Gasteiger partial charge in [0.15, 0.2) is 9.84 Å². The molecule has 1 aromatic rings. The van der Waals surface area contributed by atoms with Crippen molar-refractivity contribution in [3.63, 3.8) is 0 Å². The monoisotopic (exact) mass is 297 g/mol. The van der Waals surface area contributed by atoms with E-state index in [0.717, 1.165) is 0 Å². The van der Waals surface area contributed by atoms with Crippen molar-refractivity contribution in [2.45, 2.75) is 17.9 Å². The fourth-order valence-corrected chi connectivity index (χ4v) is 2.90. The van der Waals surface area contributed by atoms with Crippen molar-refractivity contribution in [1.82, 2.24) is 5.32 Å². The summed E-state index contributed by atoms with van der Waals surface area (Å²) >= 11 is 0. The normalized spacial score (nSPS) is 12.5. The van der Waals surface area contributed by atoms with Gasteiger partial charge in [0.2, 0.25) is 5.91 Å². The van der Waals surface area contributed by atoms with Crippen LogP contribution in [0.2, 0.25) is 0 Å². The Morgan fingerprint density at radius 3 is 2.80 bits per heavy atom. The average molecular weight is 297 g/mol. The first-order valence-corrected chi connectivity index (χ1v) is 7.85. The third kappa shape index (κ3) is 4.38. The molecule has 1 amide bonds. The Morgan fingerprint density at radius 1 is 1.50 bits per heavy atom. The van der Waals surface area contributed by atoms with Crippen molar-refractivity contribution in [3.05, 3.63) is 42.5 Å². The first-order valence-electron chi connectivity index (χ1n) is 6.14. The van der Waals surface area contributed by atoms with E-state index in [4.69, 9.17) is 4.74 Å². The van der Waals surface area contributed by atoms with Gasteiger partial charge in [-0.25, -0.2) is 8.42 Å². The number of sulfone groups is 1. The lowest BCUT2D eigenvalue weighted by molar-refractivity contribution is -0.120. The lowest BCUT2D eigenvalue weighted by Gasteiger charge is -2.13. The molecule has 0 aliphatic heterocycles. The lowest BCUT2D eigenvalue weighted by Crippen LogP contribution is -2.38. The van der Waals surface area contributed by atoms with E-state index in [-0.39, 0.29) is 12.3 Å². The summed E-state index contributed by atoms with van der Waals surface area (Å²) in [4.78, 5) is 11.7. The number of rotatable bonds is 7. The second-order valence-corrected chi connectivity index (χ2v) is 6.66. The van der Waals surface area contributed by atoms with E-state index in [2.05, 4.69) is 11.9 Å². The largest absolute Gasteiger partial charge is 0.497 e. The molecule has 0 fully saturated rings. The first kappa shape index (κ1) is 16.2. The molecule has 110 valence electrons. The maximum atomic E-state index is 12.2. The molecule has 5 nitrogen and oxygen atoms in total. The highest BCUT2D eigenvalue weighted by Gasteiger charge is 2.27. The lowest BCUT2D eigenvalue weighted by atomic mass is 10.2. The Bertz CT molecular complexity index is 581. The molecule has 0 aliphatic rings. The molecule has 20 heavy (non-hydrogen) atoms. The van der Waals surface area contributed by atoms with Gasteiger partial charge < -0.3 is 10.1 Å². The van der Waals surface area contributed by atoms with E-state index in [0.29, 0.717) is 11.3 Å². The summed E-state index contributed by atoms with van der Waals surface area (Å²) in [5.74, 6) is -0.137. The van der Waals surface area contributed by atoms with Gasteiger partial charge in [-0.15, -0.1) is 6.58 Å². The van der Waals surface area contributed by atoms with Crippen LogP contribution in [0.5, 0.6) is 5.75 Å². The number of ether oxygens (including phenoxy) is 1. The summed E-state index contributed by atoms with van der Waals surface area (Å²) in [5.41, 5.74) is 0.590. The molecule has 1 atom stereocenters. The van der Waals surface area contributed by atoms with Crippen molar-refractivity contribution in [2.75, 3.05) is 13.7 Å². The van der Waals surface area contributed by atoms with Gasteiger partial charge in [0.25, 0.3) is 0 Å². The Balaban J connectivity index is 2.82. The van der Waals surface area contributed by atoms with Gasteiger partial charge >= 0.3 is 0 Å². The second kappa shape index (κ2) is 7.09. The van der Waals surface area contributed by atoms with Crippen LogP contribution in [0.15, 0.2) is 36.9 Å². The molecule has 1 N–H and O–H groups in total. The van der Waals surface area contributed by atoms with Crippen molar-refractivity contribution >= 4 is 15.7 Å². The highest BCUT2D eigenvalue weighted by molar-refractivity contribution is 7.92. The second-order valence-electron chi connectivity index (χ2n) is 4.33. The first-order chi connectivity index (χ1) is 9.40. The van der Waals surface area contributed by atoms with Gasteiger partial charge in [-0.1, -0.05) is 18.2 Å². The predicted octanol–water partition coefficient (Wildman–Crippen LogP) is 1.30. The van der Waals surface area contributed by atoms with Crippen molar-refractivity contribution in [3.8, 4) is 5.75 Å². The van der Waals surface area contributed by atoms with Crippen LogP contribution in [-0.4, -0.2) is 33.2 Å². The van der Waals surface area contributed by atoms with Crippen LogP contribution < -0.4 is 10.1 Å². The summed E-state index contributed by atoms with van der Waals surface area (Å²) < 4.78 is 29.4. The van der Waals surface area contributed by atoms with Crippen LogP contribution >= 0.6 is 0 Å². The summed E-state index contributed by atoms with van der Waals surface area (Å²) in [5, 5.41) is 1.38. The average Bonchev–Trinajstić information content (AvgIpc) is 2.43. The summed E-state index contributed by atoms with van der Waals surface area (Å²) in [6.07, 6.45) is 1.50. The van der Waals surface area contributed by atoms with Gasteiger partial charge in [-0.05, 0) is 24.6 Å². The van der Waals surface area contributed by atoms with Crippen LogP contribution in [0.25, 0.3) is 0 Å². The van der Waals surface area contributed by atoms with Crippen LogP contribution in [-0.2, 0) is 20.4 Å². The fraction of sp³-hybridized carbons (Fsp3) is 0.357. The molecule has 1 unspecified atom stereocenters. The van der Waals surface area contributed by atoms with Gasteiger partial charge in [-0.3, -0.25) is 4.79 Å². The number of hydrogen-bond donors (Lipinski definition) is 1. The van der Waals surface area contributed by atoms with Crippen molar-refractivity contribution in [1.29, 1.82) is 0 Å². The summed E-state index contributed by atoms with van der Waals surface area (Å²) in [6.45, 7) is 5.09. The zero-order valence-corrected chi connectivity index (χ0v) is 12.4. The van der Waals surface area contributed by atoms with Gasteiger partial charge in [0.05, 0.1) is 12.9 Å². The third-order valence-corrected chi connectivity index (χ3v) is 4.86. The quantitative estimate of drug-likeness (QED) is 0.770. The fourth-order valence-electron chi connectivity index (χ4n) is 1.60. The van der Waals surface area contributed by atoms with Gasteiger partial charge in [0.1, 0.15) is 11.0 Å². The van der Waals surface area contributed by atoms with Crippen molar-refractivity contribution < 1.29 is 17.9 Å². The Kier molecular flexibility index (Phi) is 5.76. The number of carbonyl (C=O) groups excluding carboxylic acids is 1. The van der Waals surface area contributed by atoms with Gasteiger partial charge in [0, 0.05) is 6.54 Å². The smallest absolute Gasteiger partial charge is 0.238 e. The Hall–Kier alpha value is -1.82. The standard InChI is InChI=1S/C14H19NO4S/c1-4-8-15-14(16)11(2)20(17,18)10-12-6-5-7-13(9-12)19-3/h4-7,9,11H,1,8,10H2,2-3H3,(H,15,16). The van der Waals surface area contributed by atoms with Crippen molar-refractivity contribution in [2.24, 2.45) is 0 Å². The molecule has 0 aromatic heterocycles. The molecule has 1 rings (SSSR count). The third-order valence-electron chi connectivity index (χ3n) is 2.83. The topological polar surface area (TPSA) is 72.5 Å². The highest BCUT2D eigenvalue weighted by atomic mass is 32.2. The number of benzene rings is 1. The van der Waals surface area contributed by atoms with E-state index in [9.17, 15) is 13.2 Å². The molecule has 1 aromatic carbocycles. The van der Waals surface area contributed by atoms with E-state index >= 15 is 0 Å². The van der Waals surface area contributed by atoms with Crippen LogP contribution in [0.3, 0.4) is 0 Å². The number of methoxy groups -OCH3 is 1. The molecule has 0 radical (unpaired) electrons. The molecule has 0 bridgehead atoms. The minimum atomic E-state index is -3.57. The number of amides is 1. The molecule has 0 heterocycles.